The molecule has 0 aliphatic carbocycles. The molecule has 4 nitrogen and oxygen atoms in total. The number of benzene rings is 1. The zero-order valence-electron chi connectivity index (χ0n) is 9.92. The smallest absolute Gasteiger partial charge is 0.306 e. The molecule has 0 aliphatic heterocycles. The highest BCUT2D eigenvalue weighted by molar-refractivity contribution is 5.75. The number of hydrogen-bond acceptors (Lipinski definition) is 2. The summed E-state index contributed by atoms with van der Waals surface area (Å²) in [7, 11) is 0. The predicted octanol–water partition coefficient (Wildman–Crippen LogP) is 1.53. The first-order valence-electron chi connectivity index (χ1n) is 5.55. The van der Waals surface area contributed by atoms with Crippen molar-refractivity contribution in [2.45, 2.75) is 19.9 Å². The molecule has 0 radical (unpaired) electrons. The van der Waals surface area contributed by atoms with Gasteiger partial charge in [0.2, 0.25) is 0 Å². The minimum absolute atomic E-state index is 0.172. The van der Waals surface area contributed by atoms with Crippen LogP contribution in [-0.2, 0) is 0 Å². The second kappa shape index (κ2) is 4.89. The Morgan fingerprint density at radius 2 is 2.12 bits per heavy atom. The zero-order valence-corrected chi connectivity index (χ0v) is 9.92. The number of rotatable bonds is 3. The Morgan fingerprint density at radius 1 is 1.35 bits per heavy atom. The van der Waals surface area contributed by atoms with E-state index in [1.807, 2.05) is 25.1 Å². The predicted molar refractivity (Wildman–Crippen MR) is 68.8 cm³/mol. The third kappa shape index (κ3) is 2.58. The first-order chi connectivity index (χ1) is 8.20. The van der Waals surface area contributed by atoms with Gasteiger partial charge in [-0.15, -0.1) is 5.92 Å². The minimum Gasteiger partial charge on any atom is -0.306 e. The molecule has 1 aromatic carbocycles. The van der Waals surface area contributed by atoms with Crippen molar-refractivity contribution in [1.29, 1.82) is 0 Å². The van der Waals surface area contributed by atoms with Gasteiger partial charge in [-0.3, -0.25) is 5.32 Å². The van der Waals surface area contributed by atoms with Gasteiger partial charge in [0.25, 0.3) is 0 Å². The number of nitrogens with one attached hydrogen (secondary N) is 3. The molecule has 0 amide bonds. The highest BCUT2D eigenvalue weighted by Gasteiger charge is 2.05. The maximum atomic E-state index is 11.1. The molecular weight excluding hydrogens is 214 g/mol. The topological polar surface area (TPSA) is 60.7 Å². The summed E-state index contributed by atoms with van der Waals surface area (Å²) >= 11 is 0. The number of aromatic amines is 2. The fourth-order valence-corrected chi connectivity index (χ4v) is 1.73. The summed E-state index contributed by atoms with van der Waals surface area (Å²) in [6.45, 7) is 4.56. The summed E-state index contributed by atoms with van der Waals surface area (Å²) in [5.41, 5.74) is 2.63. The Bertz CT molecular complexity index is 627. The second-order valence-electron chi connectivity index (χ2n) is 3.91. The molecule has 1 atom stereocenters. The number of aromatic nitrogens is 2. The summed E-state index contributed by atoms with van der Waals surface area (Å²) in [6, 6.07) is 6.10. The molecule has 17 heavy (non-hydrogen) atoms. The van der Waals surface area contributed by atoms with Gasteiger partial charge in [0.1, 0.15) is 0 Å². The lowest BCUT2D eigenvalue weighted by molar-refractivity contribution is 0.624. The van der Waals surface area contributed by atoms with E-state index in [0.717, 1.165) is 16.6 Å². The molecule has 0 fully saturated rings. The van der Waals surface area contributed by atoms with Crippen LogP contribution in [0.15, 0.2) is 23.0 Å². The van der Waals surface area contributed by atoms with E-state index in [-0.39, 0.29) is 11.7 Å². The molecule has 2 aromatic rings. The van der Waals surface area contributed by atoms with E-state index in [2.05, 4.69) is 34.0 Å². The average Bonchev–Trinajstić information content (AvgIpc) is 2.68. The van der Waals surface area contributed by atoms with E-state index in [1.165, 1.54) is 0 Å². The molecule has 0 aliphatic rings. The zero-order chi connectivity index (χ0) is 12.3. The SMILES string of the molecule is CC#CCNC(C)c1ccc2[nH]c(=O)[nH]c2c1. The van der Waals surface area contributed by atoms with Crippen molar-refractivity contribution in [3.8, 4) is 11.8 Å². The van der Waals surface area contributed by atoms with Gasteiger partial charge >= 0.3 is 5.69 Å². The van der Waals surface area contributed by atoms with E-state index >= 15 is 0 Å². The van der Waals surface area contributed by atoms with Gasteiger partial charge in [-0.1, -0.05) is 12.0 Å². The van der Waals surface area contributed by atoms with Crippen LogP contribution in [0.5, 0.6) is 0 Å². The Morgan fingerprint density at radius 3 is 2.88 bits per heavy atom. The van der Waals surface area contributed by atoms with Crippen molar-refractivity contribution in [2.75, 3.05) is 6.54 Å². The van der Waals surface area contributed by atoms with Crippen LogP contribution in [0.1, 0.15) is 25.5 Å². The third-order valence-electron chi connectivity index (χ3n) is 2.71. The van der Waals surface area contributed by atoms with Gasteiger partial charge in [0, 0.05) is 6.04 Å². The maximum absolute atomic E-state index is 11.1. The first-order valence-corrected chi connectivity index (χ1v) is 5.55. The Balaban J connectivity index is 2.22. The molecule has 3 N–H and O–H groups in total. The van der Waals surface area contributed by atoms with Gasteiger partial charge in [0.05, 0.1) is 17.6 Å². The molecule has 2 rings (SSSR count). The molecule has 1 heterocycles. The van der Waals surface area contributed by atoms with Gasteiger partial charge in [-0.2, -0.15) is 0 Å². The molecule has 88 valence electrons. The fraction of sp³-hybridized carbons (Fsp3) is 0.308. The van der Waals surface area contributed by atoms with Crippen LogP contribution < -0.4 is 11.0 Å². The van der Waals surface area contributed by atoms with E-state index in [1.54, 1.807) is 0 Å². The summed E-state index contributed by atoms with van der Waals surface area (Å²) < 4.78 is 0. The Labute approximate surface area is 99.4 Å². The van der Waals surface area contributed by atoms with Gasteiger partial charge in [-0.25, -0.2) is 4.79 Å². The van der Waals surface area contributed by atoms with Crippen molar-refractivity contribution in [3.05, 3.63) is 34.2 Å². The number of hydrogen-bond donors (Lipinski definition) is 3. The number of imidazole rings is 1. The van der Waals surface area contributed by atoms with Crippen LogP contribution in [0.2, 0.25) is 0 Å². The van der Waals surface area contributed by atoms with Gasteiger partial charge < -0.3 is 9.97 Å². The summed E-state index contributed by atoms with van der Waals surface area (Å²) in [5, 5.41) is 3.30. The van der Waals surface area contributed by atoms with Crippen molar-refractivity contribution in [1.82, 2.24) is 15.3 Å². The average molecular weight is 229 g/mol. The van der Waals surface area contributed by atoms with Gasteiger partial charge in [-0.05, 0) is 31.5 Å². The molecule has 4 heteroatoms. The lowest BCUT2D eigenvalue weighted by Gasteiger charge is -2.11. The number of H-pyrrole nitrogens is 2. The minimum atomic E-state index is -0.172. The normalized spacial score (nSPS) is 12.1. The molecule has 0 saturated heterocycles. The lowest BCUT2D eigenvalue weighted by Crippen LogP contribution is -2.18. The monoisotopic (exact) mass is 229 g/mol. The highest BCUT2D eigenvalue weighted by Crippen LogP contribution is 2.16. The van der Waals surface area contributed by atoms with E-state index in [0.29, 0.717) is 6.54 Å². The van der Waals surface area contributed by atoms with Crippen LogP contribution in [0, 0.1) is 11.8 Å². The Hall–Kier alpha value is -1.99. The van der Waals surface area contributed by atoms with Crippen LogP contribution in [0.4, 0.5) is 0 Å². The third-order valence-corrected chi connectivity index (χ3v) is 2.71. The quantitative estimate of drug-likeness (QED) is 0.699. The van der Waals surface area contributed by atoms with Crippen molar-refractivity contribution in [2.24, 2.45) is 0 Å². The number of fused-ring (bicyclic) bond motifs is 1. The van der Waals surface area contributed by atoms with Gasteiger partial charge in [0.15, 0.2) is 0 Å². The van der Waals surface area contributed by atoms with Crippen LogP contribution >= 0.6 is 0 Å². The van der Waals surface area contributed by atoms with Crippen LogP contribution in [0.25, 0.3) is 11.0 Å². The largest absolute Gasteiger partial charge is 0.323 e. The van der Waals surface area contributed by atoms with E-state index in [9.17, 15) is 4.79 Å². The molecule has 0 spiro atoms. The summed E-state index contributed by atoms with van der Waals surface area (Å²) in [6.07, 6.45) is 0. The van der Waals surface area contributed by atoms with Crippen molar-refractivity contribution in [3.63, 3.8) is 0 Å². The lowest BCUT2D eigenvalue weighted by atomic mass is 10.1. The second-order valence-corrected chi connectivity index (χ2v) is 3.91. The van der Waals surface area contributed by atoms with Crippen LogP contribution in [0.3, 0.4) is 0 Å². The maximum Gasteiger partial charge on any atom is 0.323 e. The van der Waals surface area contributed by atoms with E-state index < -0.39 is 0 Å². The summed E-state index contributed by atoms with van der Waals surface area (Å²) in [4.78, 5) is 16.6. The molecule has 0 saturated carbocycles. The summed E-state index contributed by atoms with van der Waals surface area (Å²) in [5.74, 6) is 5.81. The van der Waals surface area contributed by atoms with Crippen LogP contribution in [-0.4, -0.2) is 16.5 Å². The molecule has 1 unspecified atom stereocenters. The van der Waals surface area contributed by atoms with E-state index in [4.69, 9.17) is 0 Å². The van der Waals surface area contributed by atoms with Crippen molar-refractivity contribution < 1.29 is 0 Å². The Kier molecular flexibility index (Phi) is 3.31. The standard InChI is InChI=1S/C13H15N3O/c1-3-4-7-14-9(2)10-5-6-11-12(8-10)16-13(17)15-11/h5-6,8-9,14H,7H2,1-2H3,(H2,15,16,17). The molecule has 0 bridgehead atoms. The fourth-order valence-electron chi connectivity index (χ4n) is 1.73. The molecule has 1 aromatic heterocycles. The molecular formula is C13H15N3O. The highest BCUT2D eigenvalue weighted by atomic mass is 16.1. The first kappa shape index (κ1) is 11.5. The van der Waals surface area contributed by atoms with Crippen molar-refractivity contribution >= 4 is 11.0 Å².